The average Bonchev–Trinajstić information content (AvgIpc) is 2.98. The first-order valence-corrected chi connectivity index (χ1v) is 8.81. The van der Waals surface area contributed by atoms with Crippen LogP contribution in [-0.4, -0.2) is 27.9 Å². The van der Waals surface area contributed by atoms with Gasteiger partial charge in [-0.15, -0.1) is 0 Å². The number of aryl methyl sites for hydroxylation is 2. The van der Waals surface area contributed by atoms with Gasteiger partial charge in [0, 0.05) is 17.9 Å². The Morgan fingerprint density at radius 3 is 2.59 bits per heavy atom. The van der Waals surface area contributed by atoms with Gasteiger partial charge in [-0.2, -0.15) is 5.10 Å². The fourth-order valence-corrected chi connectivity index (χ4v) is 3.63. The van der Waals surface area contributed by atoms with Crippen LogP contribution in [0.1, 0.15) is 34.7 Å². The molecule has 3 aromatic rings. The SMILES string of the molecule is COc1ccc([C@@H]2CC(=O)Nc3c2c(C)nn3-c2ccc(C)cc2)cc1O. The van der Waals surface area contributed by atoms with E-state index in [4.69, 9.17) is 4.74 Å². The molecule has 0 aliphatic carbocycles. The minimum Gasteiger partial charge on any atom is -0.504 e. The van der Waals surface area contributed by atoms with Gasteiger partial charge in [-0.25, -0.2) is 4.68 Å². The number of phenols is 1. The Bertz CT molecular complexity index is 1020. The lowest BCUT2D eigenvalue weighted by atomic mass is 9.85. The van der Waals surface area contributed by atoms with Crippen molar-refractivity contribution < 1.29 is 14.6 Å². The second-order valence-electron chi connectivity index (χ2n) is 6.83. The van der Waals surface area contributed by atoms with E-state index in [-0.39, 0.29) is 17.6 Å². The summed E-state index contributed by atoms with van der Waals surface area (Å²) in [6, 6.07) is 13.3. The summed E-state index contributed by atoms with van der Waals surface area (Å²) < 4.78 is 6.90. The predicted molar refractivity (Wildman–Crippen MR) is 103 cm³/mol. The van der Waals surface area contributed by atoms with Crippen LogP contribution in [0.2, 0.25) is 0 Å². The van der Waals surface area contributed by atoms with Gasteiger partial charge in [0.05, 0.1) is 18.5 Å². The molecule has 0 spiro atoms. The van der Waals surface area contributed by atoms with Crippen molar-refractivity contribution in [3.05, 3.63) is 64.8 Å². The molecule has 0 saturated carbocycles. The number of aromatic nitrogens is 2. The van der Waals surface area contributed by atoms with E-state index in [9.17, 15) is 9.90 Å². The molecule has 0 saturated heterocycles. The minimum absolute atomic E-state index is 0.0612. The number of nitrogens with zero attached hydrogens (tertiary/aromatic N) is 2. The lowest BCUT2D eigenvalue weighted by Crippen LogP contribution is -2.24. The van der Waals surface area contributed by atoms with Crippen molar-refractivity contribution in [2.24, 2.45) is 0 Å². The highest BCUT2D eigenvalue weighted by Crippen LogP contribution is 2.42. The number of nitrogens with one attached hydrogen (secondary N) is 1. The van der Waals surface area contributed by atoms with Crippen molar-refractivity contribution in [3.63, 3.8) is 0 Å². The number of fused-ring (bicyclic) bond motifs is 1. The van der Waals surface area contributed by atoms with E-state index in [1.807, 2.05) is 44.2 Å². The molecule has 2 aromatic carbocycles. The molecule has 0 unspecified atom stereocenters. The second kappa shape index (κ2) is 6.46. The number of carbonyl (C=O) groups is 1. The maximum Gasteiger partial charge on any atom is 0.226 e. The monoisotopic (exact) mass is 363 g/mol. The molecule has 27 heavy (non-hydrogen) atoms. The molecule has 0 bridgehead atoms. The number of hydrogen-bond acceptors (Lipinski definition) is 4. The standard InChI is InChI=1S/C21H21N3O3/c1-12-4-7-15(8-5-12)24-21-20(13(2)23-24)16(11-19(26)22-21)14-6-9-18(27-3)17(25)10-14/h4-10,16,25H,11H2,1-3H3,(H,22,26)/t16-/m0/s1. The molecule has 0 radical (unpaired) electrons. The van der Waals surface area contributed by atoms with Crippen LogP contribution in [0.3, 0.4) is 0 Å². The summed E-state index contributed by atoms with van der Waals surface area (Å²) in [6.45, 7) is 3.97. The normalized spacial score (nSPS) is 16.0. The zero-order chi connectivity index (χ0) is 19.1. The Labute approximate surface area is 157 Å². The Morgan fingerprint density at radius 1 is 1.19 bits per heavy atom. The van der Waals surface area contributed by atoms with Crippen molar-refractivity contribution in [3.8, 4) is 17.2 Å². The van der Waals surface area contributed by atoms with Gasteiger partial charge in [0.2, 0.25) is 5.91 Å². The van der Waals surface area contributed by atoms with E-state index in [1.54, 1.807) is 16.8 Å². The molecule has 1 aromatic heterocycles. The number of carbonyl (C=O) groups excluding carboxylic acids is 1. The summed E-state index contributed by atoms with van der Waals surface area (Å²) in [4.78, 5) is 12.4. The maximum absolute atomic E-state index is 12.4. The number of hydrogen-bond donors (Lipinski definition) is 2. The Kier molecular flexibility index (Phi) is 4.11. The Morgan fingerprint density at radius 2 is 1.93 bits per heavy atom. The van der Waals surface area contributed by atoms with E-state index in [0.29, 0.717) is 18.0 Å². The molecule has 2 heterocycles. The van der Waals surface area contributed by atoms with E-state index in [2.05, 4.69) is 10.4 Å². The number of amides is 1. The first-order chi connectivity index (χ1) is 13.0. The number of anilines is 1. The fourth-order valence-electron chi connectivity index (χ4n) is 3.63. The van der Waals surface area contributed by atoms with E-state index in [0.717, 1.165) is 28.1 Å². The first kappa shape index (κ1) is 17.1. The smallest absolute Gasteiger partial charge is 0.226 e. The van der Waals surface area contributed by atoms with Gasteiger partial charge in [0.1, 0.15) is 5.82 Å². The highest BCUT2D eigenvalue weighted by molar-refractivity contribution is 5.95. The fraction of sp³-hybridized carbons (Fsp3) is 0.238. The van der Waals surface area contributed by atoms with Crippen LogP contribution in [0.15, 0.2) is 42.5 Å². The van der Waals surface area contributed by atoms with E-state index >= 15 is 0 Å². The van der Waals surface area contributed by atoms with Crippen LogP contribution in [0.4, 0.5) is 5.82 Å². The summed E-state index contributed by atoms with van der Waals surface area (Å²) in [5.41, 5.74) is 4.73. The molecule has 6 nitrogen and oxygen atoms in total. The Balaban J connectivity index is 1.84. The predicted octanol–water partition coefficient (Wildman–Crippen LogP) is 3.68. The number of rotatable bonds is 3. The van der Waals surface area contributed by atoms with Gasteiger partial charge in [0.25, 0.3) is 0 Å². The van der Waals surface area contributed by atoms with Gasteiger partial charge in [-0.3, -0.25) is 4.79 Å². The number of phenolic OH excluding ortho intramolecular Hbond substituents is 1. The third-order valence-corrected chi connectivity index (χ3v) is 4.99. The van der Waals surface area contributed by atoms with Crippen molar-refractivity contribution in [1.82, 2.24) is 9.78 Å². The lowest BCUT2D eigenvalue weighted by Gasteiger charge is -2.24. The zero-order valence-corrected chi connectivity index (χ0v) is 15.5. The summed E-state index contributed by atoms with van der Waals surface area (Å²) >= 11 is 0. The van der Waals surface area contributed by atoms with Gasteiger partial charge in [-0.1, -0.05) is 23.8 Å². The summed E-state index contributed by atoms with van der Waals surface area (Å²) in [7, 11) is 1.51. The molecule has 1 atom stereocenters. The summed E-state index contributed by atoms with van der Waals surface area (Å²) in [5, 5.41) is 17.8. The molecule has 138 valence electrons. The van der Waals surface area contributed by atoms with Crippen LogP contribution >= 0.6 is 0 Å². The van der Waals surface area contributed by atoms with Gasteiger partial charge < -0.3 is 15.2 Å². The highest BCUT2D eigenvalue weighted by Gasteiger charge is 2.33. The van der Waals surface area contributed by atoms with Crippen molar-refractivity contribution in [1.29, 1.82) is 0 Å². The number of aromatic hydroxyl groups is 1. The highest BCUT2D eigenvalue weighted by atomic mass is 16.5. The molecule has 2 N–H and O–H groups in total. The van der Waals surface area contributed by atoms with Crippen molar-refractivity contribution >= 4 is 11.7 Å². The second-order valence-corrected chi connectivity index (χ2v) is 6.83. The van der Waals surface area contributed by atoms with Gasteiger partial charge in [-0.05, 0) is 43.7 Å². The molecular weight excluding hydrogens is 342 g/mol. The Hall–Kier alpha value is -3.28. The number of methoxy groups -OCH3 is 1. The lowest BCUT2D eigenvalue weighted by molar-refractivity contribution is -0.116. The van der Waals surface area contributed by atoms with Crippen LogP contribution in [0, 0.1) is 13.8 Å². The van der Waals surface area contributed by atoms with Crippen molar-refractivity contribution in [2.75, 3.05) is 12.4 Å². The molecule has 1 aliphatic rings. The third kappa shape index (κ3) is 2.93. The molecule has 6 heteroatoms. The quantitative estimate of drug-likeness (QED) is 0.744. The number of benzene rings is 2. The third-order valence-electron chi connectivity index (χ3n) is 4.99. The van der Waals surface area contributed by atoms with Gasteiger partial charge in [0.15, 0.2) is 11.5 Å². The largest absolute Gasteiger partial charge is 0.504 e. The summed E-state index contributed by atoms with van der Waals surface area (Å²) in [5.74, 6) is 0.908. The molecule has 0 fully saturated rings. The minimum atomic E-state index is -0.176. The zero-order valence-electron chi connectivity index (χ0n) is 15.5. The molecule has 1 aliphatic heterocycles. The van der Waals surface area contributed by atoms with Crippen LogP contribution < -0.4 is 10.1 Å². The molecule has 4 rings (SSSR count). The number of ether oxygens (including phenoxy) is 1. The topological polar surface area (TPSA) is 76.4 Å². The first-order valence-electron chi connectivity index (χ1n) is 8.81. The van der Waals surface area contributed by atoms with Crippen LogP contribution in [0.5, 0.6) is 11.5 Å². The summed E-state index contributed by atoms with van der Waals surface area (Å²) in [6.07, 6.45) is 0.305. The maximum atomic E-state index is 12.4. The van der Waals surface area contributed by atoms with E-state index in [1.165, 1.54) is 7.11 Å². The van der Waals surface area contributed by atoms with Gasteiger partial charge >= 0.3 is 0 Å². The van der Waals surface area contributed by atoms with E-state index < -0.39 is 0 Å². The average molecular weight is 363 g/mol. The molecule has 1 amide bonds. The van der Waals surface area contributed by atoms with Crippen molar-refractivity contribution in [2.45, 2.75) is 26.2 Å². The van der Waals surface area contributed by atoms with Crippen LogP contribution in [0.25, 0.3) is 5.69 Å². The van der Waals surface area contributed by atoms with Crippen LogP contribution in [-0.2, 0) is 4.79 Å². The molecular formula is C21H21N3O3.